The molecule has 1 aromatic heterocycles. The van der Waals surface area contributed by atoms with Crippen LogP contribution in [0.1, 0.15) is 6.92 Å². The van der Waals surface area contributed by atoms with E-state index in [1.165, 1.54) is 0 Å². The summed E-state index contributed by atoms with van der Waals surface area (Å²) in [4.78, 5) is 16.4. The second-order valence-electron chi connectivity index (χ2n) is 5.97. The first-order chi connectivity index (χ1) is 14.2. The van der Waals surface area contributed by atoms with Crippen molar-refractivity contribution >= 4 is 23.1 Å². The van der Waals surface area contributed by atoms with E-state index in [2.05, 4.69) is 15.6 Å². The number of hydrogen-bond acceptors (Lipinski definition) is 6. The molecule has 0 saturated heterocycles. The van der Waals surface area contributed by atoms with Gasteiger partial charge in [0.2, 0.25) is 0 Å². The van der Waals surface area contributed by atoms with Crippen molar-refractivity contribution in [3.63, 3.8) is 0 Å². The van der Waals surface area contributed by atoms with Gasteiger partial charge in [0, 0.05) is 0 Å². The van der Waals surface area contributed by atoms with Crippen molar-refractivity contribution in [2.75, 3.05) is 31.0 Å². The van der Waals surface area contributed by atoms with E-state index in [4.69, 9.17) is 14.2 Å². The van der Waals surface area contributed by atoms with Crippen molar-refractivity contribution in [1.82, 2.24) is 4.98 Å². The highest BCUT2D eigenvalue weighted by Crippen LogP contribution is 2.27. The highest BCUT2D eigenvalue weighted by molar-refractivity contribution is 5.91. The number of para-hydroxylation sites is 4. The fraction of sp³-hybridized carbons (Fsp3) is 0.182. The number of carbonyl (C=O) groups is 1. The first kappa shape index (κ1) is 20.0. The second kappa shape index (κ2) is 9.98. The van der Waals surface area contributed by atoms with E-state index in [9.17, 15) is 4.79 Å². The molecule has 29 heavy (non-hydrogen) atoms. The second-order valence-corrected chi connectivity index (χ2v) is 5.97. The van der Waals surface area contributed by atoms with E-state index in [-0.39, 0.29) is 12.5 Å². The Morgan fingerprint density at radius 2 is 1.66 bits per heavy atom. The number of carbonyl (C=O) groups excluding carboxylic acids is 1. The van der Waals surface area contributed by atoms with Crippen LogP contribution in [0, 0.1) is 0 Å². The number of anilines is 3. The van der Waals surface area contributed by atoms with Crippen molar-refractivity contribution < 1.29 is 19.0 Å². The summed E-state index contributed by atoms with van der Waals surface area (Å²) >= 11 is 0. The van der Waals surface area contributed by atoms with Crippen molar-refractivity contribution in [2.45, 2.75) is 6.92 Å². The van der Waals surface area contributed by atoms with Gasteiger partial charge in [-0.3, -0.25) is 4.79 Å². The summed E-state index contributed by atoms with van der Waals surface area (Å²) in [6, 6.07) is 18.4. The fourth-order valence-corrected chi connectivity index (χ4v) is 2.61. The Morgan fingerprint density at radius 3 is 2.34 bits per heavy atom. The Labute approximate surface area is 169 Å². The lowest BCUT2D eigenvalue weighted by molar-refractivity contribution is -0.118. The van der Waals surface area contributed by atoms with Crippen LogP contribution in [0.15, 0.2) is 66.9 Å². The molecular formula is C22H23N3O4. The average molecular weight is 393 g/mol. The van der Waals surface area contributed by atoms with Crippen LogP contribution in [0.25, 0.3) is 0 Å². The SMILES string of the molecule is CCOc1ccccc1Nc1ccc(NC(=O)COc2ccccc2OC)nc1. The van der Waals surface area contributed by atoms with Gasteiger partial charge in [0.15, 0.2) is 18.1 Å². The van der Waals surface area contributed by atoms with Gasteiger partial charge in [-0.1, -0.05) is 24.3 Å². The molecule has 0 spiro atoms. The van der Waals surface area contributed by atoms with Crippen LogP contribution in [0.2, 0.25) is 0 Å². The number of pyridine rings is 1. The van der Waals surface area contributed by atoms with Gasteiger partial charge >= 0.3 is 0 Å². The average Bonchev–Trinajstić information content (AvgIpc) is 2.75. The number of aromatic nitrogens is 1. The minimum Gasteiger partial charge on any atom is -0.493 e. The summed E-state index contributed by atoms with van der Waals surface area (Å²) < 4.78 is 16.3. The van der Waals surface area contributed by atoms with E-state index in [1.807, 2.05) is 49.4 Å². The van der Waals surface area contributed by atoms with Gasteiger partial charge in [0.25, 0.3) is 5.91 Å². The summed E-state index contributed by atoms with van der Waals surface area (Å²) in [7, 11) is 1.55. The van der Waals surface area contributed by atoms with Gasteiger partial charge in [0.1, 0.15) is 11.6 Å². The third kappa shape index (κ3) is 5.62. The number of methoxy groups -OCH3 is 1. The normalized spacial score (nSPS) is 10.1. The van der Waals surface area contributed by atoms with Gasteiger partial charge in [-0.05, 0) is 43.3 Å². The van der Waals surface area contributed by atoms with E-state index in [0.29, 0.717) is 23.9 Å². The molecule has 0 unspecified atom stereocenters. The molecule has 150 valence electrons. The molecule has 1 heterocycles. The molecule has 0 radical (unpaired) electrons. The number of nitrogens with zero attached hydrogens (tertiary/aromatic N) is 1. The Morgan fingerprint density at radius 1 is 0.931 bits per heavy atom. The van der Waals surface area contributed by atoms with Gasteiger partial charge < -0.3 is 24.8 Å². The number of hydrogen-bond donors (Lipinski definition) is 2. The zero-order valence-electron chi connectivity index (χ0n) is 16.3. The van der Waals surface area contributed by atoms with Crippen LogP contribution in [0.4, 0.5) is 17.2 Å². The summed E-state index contributed by atoms with van der Waals surface area (Å²) in [6.07, 6.45) is 1.64. The minimum atomic E-state index is -0.314. The molecule has 2 aromatic carbocycles. The lowest BCUT2D eigenvalue weighted by atomic mass is 10.2. The molecule has 0 fully saturated rings. The molecule has 0 aliphatic carbocycles. The fourth-order valence-electron chi connectivity index (χ4n) is 2.61. The number of amides is 1. The summed E-state index contributed by atoms with van der Waals surface area (Å²) in [5.41, 5.74) is 1.62. The zero-order valence-corrected chi connectivity index (χ0v) is 16.3. The molecule has 7 heteroatoms. The van der Waals surface area contributed by atoms with Crippen LogP contribution < -0.4 is 24.8 Å². The standard InChI is InChI=1S/C22H23N3O4/c1-3-28-18-9-5-4-8-17(18)24-16-12-13-21(23-14-16)25-22(26)15-29-20-11-7-6-10-19(20)27-2/h4-14,24H,3,15H2,1-2H3,(H,23,25,26). The van der Waals surface area contributed by atoms with E-state index in [0.717, 1.165) is 17.1 Å². The minimum absolute atomic E-state index is 0.149. The van der Waals surface area contributed by atoms with E-state index in [1.54, 1.807) is 31.5 Å². The third-order valence-electron chi connectivity index (χ3n) is 3.92. The zero-order chi connectivity index (χ0) is 20.5. The van der Waals surface area contributed by atoms with Crippen LogP contribution >= 0.6 is 0 Å². The number of ether oxygens (including phenoxy) is 3. The van der Waals surface area contributed by atoms with E-state index < -0.39 is 0 Å². The number of benzene rings is 2. The van der Waals surface area contributed by atoms with Crippen LogP contribution in [-0.4, -0.2) is 31.2 Å². The van der Waals surface area contributed by atoms with Crippen LogP contribution in [0.3, 0.4) is 0 Å². The quantitative estimate of drug-likeness (QED) is 0.566. The Hall–Kier alpha value is -3.74. The molecule has 3 rings (SSSR count). The predicted molar refractivity (Wildman–Crippen MR) is 112 cm³/mol. The van der Waals surface area contributed by atoms with Crippen molar-refractivity contribution in [2.24, 2.45) is 0 Å². The number of nitrogens with one attached hydrogen (secondary N) is 2. The molecule has 0 atom stereocenters. The highest BCUT2D eigenvalue weighted by Gasteiger charge is 2.08. The molecule has 0 aliphatic heterocycles. The lowest BCUT2D eigenvalue weighted by Crippen LogP contribution is -2.20. The van der Waals surface area contributed by atoms with Crippen molar-refractivity contribution in [3.05, 3.63) is 66.9 Å². The highest BCUT2D eigenvalue weighted by atomic mass is 16.5. The Bertz CT molecular complexity index is 945. The first-order valence-electron chi connectivity index (χ1n) is 9.20. The molecule has 0 saturated carbocycles. The van der Waals surface area contributed by atoms with Gasteiger partial charge in [-0.15, -0.1) is 0 Å². The number of rotatable bonds is 9. The maximum atomic E-state index is 12.1. The van der Waals surface area contributed by atoms with Gasteiger partial charge in [-0.2, -0.15) is 0 Å². The predicted octanol–water partition coefficient (Wildman–Crippen LogP) is 4.25. The third-order valence-corrected chi connectivity index (χ3v) is 3.92. The molecule has 1 amide bonds. The monoisotopic (exact) mass is 393 g/mol. The maximum absolute atomic E-state index is 12.1. The molecule has 3 aromatic rings. The molecular weight excluding hydrogens is 370 g/mol. The summed E-state index contributed by atoms with van der Waals surface area (Å²) in [6.45, 7) is 2.37. The first-order valence-corrected chi connectivity index (χ1v) is 9.20. The topological polar surface area (TPSA) is 81.7 Å². The van der Waals surface area contributed by atoms with Crippen LogP contribution in [-0.2, 0) is 4.79 Å². The molecule has 2 N–H and O–H groups in total. The maximum Gasteiger partial charge on any atom is 0.263 e. The van der Waals surface area contributed by atoms with E-state index >= 15 is 0 Å². The smallest absolute Gasteiger partial charge is 0.263 e. The van der Waals surface area contributed by atoms with Gasteiger partial charge in [-0.25, -0.2) is 4.98 Å². The van der Waals surface area contributed by atoms with Crippen LogP contribution in [0.5, 0.6) is 17.2 Å². The Balaban J connectivity index is 1.56. The van der Waals surface area contributed by atoms with Crippen molar-refractivity contribution in [3.8, 4) is 17.2 Å². The summed E-state index contributed by atoms with van der Waals surface area (Å²) in [5.74, 6) is 1.96. The lowest BCUT2D eigenvalue weighted by Gasteiger charge is -2.12. The Kier molecular flexibility index (Phi) is 6.89. The molecule has 7 nitrogen and oxygen atoms in total. The van der Waals surface area contributed by atoms with Crippen molar-refractivity contribution in [1.29, 1.82) is 0 Å². The molecule has 0 aliphatic rings. The summed E-state index contributed by atoms with van der Waals surface area (Å²) in [5, 5.41) is 5.96. The van der Waals surface area contributed by atoms with Gasteiger partial charge in [0.05, 0.1) is 31.3 Å². The molecule has 0 bridgehead atoms. The largest absolute Gasteiger partial charge is 0.493 e.